The maximum Gasteiger partial charge on any atom is 0.270 e. The molecule has 4 rings (SSSR count). The zero-order chi connectivity index (χ0) is 29.2. The third kappa shape index (κ3) is 10.3. The lowest BCUT2D eigenvalue weighted by Crippen LogP contribution is -2.38. The van der Waals surface area contributed by atoms with Gasteiger partial charge in [-0.3, -0.25) is 4.79 Å². The maximum absolute atomic E-state index is 12.6. The fourth-order valence-electron chi connectivity index (χ4n) is 3.31. The first kappa shape index (κ1) is 33.6. The van der Waals surface area contributed by atoms with Crippen molar-refractivity contribution in [3.05, 3.63) is 64.6 Å². The Kier molecular flexibility index (Phi) is 16.2. The second-order valence-electron chi connectivity index (χ2n) is 7.44. The molecule has 39 heavy (non-hydrogen) atoms. The molecule has 1 saturated heterocycles. The van der Waals surface area contributed by atoms with Gasteiger partial charge in [0.1, 0.15) is 17.3 Å². The highest BCUT2D eigenvalue weighted by molar-refractivity contribution is 6.30. The number of carbonyl (C=O) groups excluding carboxylic acids is 1. The number of benzene rings is 1. The first-order chi connectivity index (χ1) is 19.0. The van der Waals surface area contributed by atoms with Gasteiger partial charge in [0.15, 0.2) is 0 Å². The molecule has 3 aromatic rings. The van der Waals surface area contributed by atoms with Crippen molar-refractivity contribution in [2.75, 3.05) is 43.6 Å². The van der Waals surface area contributed by atoms with Crippen LogP contribution in [0.25, 0.3) is 0 Å². The molecule has 0 radical (unpaired) electrons. The van der Waals surface area contributed by atoms with Crippen molar-refractivity contribution >= 4 is 35.0 Å². The van der Waals surface area contributed by atoms with Crippen molar-refractivity contribution in [2.45, 2.75) is 55.0 Å². The van der Waals surface area contributed by atoms with Gasteiger partial charge < -0.3 is 25.0 Å². The van der Waals surface area contributed by atoms with E-state index in [0.29, 0.717) is 60.2 Å². The summed E-state index contributed by atoms with van der Waals surface area (Å²) in [4.78, 5) is 28.3. The van der Waals surface area contributed by atoms with Crippen molar-refractivity contribution < 1.29 is 14.3 Å². The number of ether oxygens (including phenoxy) is 2. The summed E-state index contributed by atoms with van der Waals surface area (Å²) in [6, 6.07) is 10.7. The predicted octanol–water partition coefficient (Wildman–Crippen LogP) is 6.43. The Labute approximate surface area is 238 Å². The fourth-order valence-corrected chi connectivity index (χ4v) is 3.43. The molecule has 1 aliphatic rings. The van der Waals surface area contributed by atoms with Crippen LogP contribution in [0.2, 0.25) is 5.02 Å². The summed E-state index contributed by atoms with van der Waals surface area (Å²) in [7, 11) is 1.55. The Hall–Kier alpha value is -3.43. The number of rotatable bonds is 7. The van der Waals surface area contributed by atoms with Crippen molar-refractivity contribution in [1.29, 1.82) is 0 Å². The van der Waals surface area contributed by atoms with Gasteiger partial charge in [-0.1, -0.05) is 53.1 Å². The van der Waals surface area contributed by atoms with Gasteiger partial charge in [0, 0.05) is 29.4 Å². The number of pyridine rings is 1. The van der Waals surface area contributed by atoms with Crippen molar-refractivity contribution in [3.8, 4) is 5.75 Å². The molecule has 9 nitrogen and oxygen atoms in total. The molecule has 0 spiro atoms. The van der Waals surface area contributed by atoms with E-state index in [9.17, 15) is 4.79 Å². The van der Waals surface area contributed by atoms with Crippen molar-refractivity contribution in [1.82, 2.24) is 20.3 Å². The van der Waals surface area contributed by atoms with Gasteiger partial charge >= 0.3 is 0 Å². The van der Waals surface area contributed by atoms with E-state index in [4.69, 9.17) is 31.0 Å². The Morgan fingerprint density at radius 2 is 1.64 bits per heavy atom. The number of hydrogen-bond acceptors (Lipinski definition) is 8. The average Bonchev–Trinajstić information content (AvgIpc) is 3.02. The van der Waals surface area contributed by atoms with Gasteiger partial charge in [-0.05, 0) is 43.3 Å². The van der Waals surface area contributed by atoms with E-state index in [1.54, 1.807) is 19.2 Å². The molecule has 1 amide bonds. The summed E-state index contributed by atoms with van der Waals surface area (Å²) in [6.45, 7) is 16.8. The molecular weight excluding hydrogens is 516 g/mol. The number of anilines is 3. The van der Waals surface area contributed by atoms with Crippen LogP contribution in [0.1, 0.15) is 63.3 Å². The topological polar surface area (TPSA) is 102 Å². The number of methoxy groups -OCH3 is 1. The number of morpholine rings is 1. The van der Waals surface area contributed by atoms with Crippen LogP contribution in [0.15, 0.2) is 42.6 Å². The van der Waals surface area contributed by atoms with Crippen LogP contribution >= 0.6 is 11.6 Å². The molecule has 2 aromatic heterocycles. The molecule has 0 bridgehead atoms. The van der Waals surface area contributed by atoms with E-state index in [1.807, 2.05) is 72.7 Å². The molecule has 0 saturated carbocycles. The monoisotopic (exact) mass is 558 g/mol. The van der Waals surface area contributed by atoms with Gasteiger partial charge in [-0.25, -0.2) is 9.97 Å². The van der Waals surface area contributed by atoms with E-state index in [1.165, 1.54) is 6.20 Å². The second kappa shape index (κ2) is 18.8. The summed E-state index contributed by atoms with van der Waals surface area (Å²) in [6.07, 6.45) is 1.51. The lowest BCUT2D eigenvalue weighted by atomic mass is 10.2. The summed E-state index contributed by atoms with van der Waals surface area (Å²) in [5.74, 6) is 1.55. The lowest BCUT2D eigenvalue weighted by Gasteiger charge is -2.28. The highest BCUT2D eigenvalue weighted by atomic mass is 35.5. The van der Waals surface area contributed by atoms with E-state index < -0.39 is 0 Å². The minimum atomic E-state index is -0.296. The molecule has 214 valence electrons. The van der Waals surface area contributed by atoms with Crippen LogP contribution in [0.3, 0.4) is 0 Å². The largest absolute Gasteiger partial charge is 0.495 e. The van der Waals surface area contributed by atoms with Crippen LogP contribution in [-0.4, -0.2) is 54.3 Å². The normalized spacial score (nSPS) is 11.9. The molecule has 3 heterocycles. The zero-order valence-corrected chi connectivity index (χ0v) is 25.2. The van der Waals surface area contributed by atoms with Crippen molar-refractivity contribution in [3.63, 3.8) is 0 Å². The van der Waals surface area contributed by atoms with Crippen LogP contribution in [0, 0.1) is 6.92 Å². The number of amides is 1. The van der Waals surface area contributed by atoms with Crippen LogP contribution in [0.4, 0.5) is 17.5 Å². The van der Waals surface area contributed by atoms with Crippen LogP contribution in [0.5, 0.6) is 5.75 Å². The molecule has 0 aliphatic carbocycles. The van der Waals surface area contributed by atoms with E-state index in [0.717, 1.165) is 11.3 Å². The minimum absolute atomic E-state index is 0.230. The smallest absolute Gasteiger partial charge is 0.270 e. The maximum atomic E-state index is 12.6. The average molecular weight is 559 g/mol. The molecule has 2 N–H and O–H groups in total. The van der Waals surface area contributed by atoms with Gasteiger partial charge in [-0.2, -0.15) is 4.98 Å². The van der Waals surface area contributed by atoms with Gasteiger partial charge in [-0.15, -0.1) is 0 Å². The fraction of sp³-hybridized carbons (Fsp3) is 0.448. The predicted molar refractivity (Wildman–Crippen MR) is 161 cm³/mol. The third-order valence-corrected chi connectivity index (χ3v) is 5.51. The van der Waals surface area contributed by atoms with Gasteiger partial charge in [0.25, 0.3) is 5.91 Å². The van der Waals surface area contributed by atoms with Crippen LogP contribution < -0.4 is 20.3 Å². The molecular formula is C29H43ClN6O3. The highest BCUT2D eigenvalue weighted by Crippen LogP contribution is 2.25. The van der Waals surface area contributed by atoms with E-state index >= 15 is 0 Å². The van der Waals surface area contributed by atoms with Gasteiger partial charge in [0.05, 0.1) is 38.8 Å². The number of carbonyl (C=O) groups is 1. The van der Waals surface area contributed by atoms with E-state index in [-0.39, 0.29) is 12.5 Å². The van der Waals surface area contributed by atoms with Crippen LogP contribution in [-0.2, 0) is 11.3 Å². The Morgan fingerprint density at radius 1 is 1.00 bits per heavy atom. The highest BCUT2D eigenvalue weighted by Gasteiger charge is 2.19. The summed E-state index contributed by atoms with van der Waals surface area (Å²) in [5, 5.41) is 6.90. The number of nitrogens with one attached hydrogen (secondary N) is 2. The molecule has 10 heteroatoms. The van der Waals surface area contributed by atoms with Gasteiger partial charge in [0.2, 0.25) is 5.95 Å². The molecule has 0 unspecified atom stereocenters. The summed E-state index contributed by atoms with van der Waals surface area (Å²) < 4.78 is 10.6. The Balaban J connectivity index is 0.00000119. The summed E-state index contributed by atoms with van der Waals surface area (Å²) in [5.41, 5.74) is 2.71. The number of halogens is 1. The second-order valence-corrected chi connectivity index (χ2v) is 7.88. The SMILES string of the molecule is CC.CC.CC.COc1ccc(C(=O)NCc2nc(N3CCOCC3)nc(Nc3ccc(Cl)cc3)c2C)nc1. The summed E-state index contributed by atoms with van der Waals surface area (Å²) >= 11 is 6.01. The zero-order valence-electron chi connectivity index (χ0n) is 24.5. The van der Waals surface area contributed by atoms with E-state index in [2.05, 4.69) is 20.5 Å². The molecule has 1 aromatic carbocycles. The minimum Gasteiger partial charge on any atom is -0.495 e. The Bertz CT molecular complexity index is 1110. The number of aromatic nitrogens is 3. The number of nitrogens with zero attached hydrogens (tertiary/aromatic N) is 4. The standard InChI is InChI=1S/C23H25ClN6O3.3C2H6/c1-15-20(14-26-22(31)19-8-7-18(32-2)13-25-19)28-23(30-9-11-33-12-10-30)29-21(15)27-17-5-3-16(24)4-6-17;3*1-2/h3-8,13H,9-12,14H2,1-2H3,(H,26,31)(H,27,28,29);3*1-2H3. The Morgan fingerprint density at radius 3 is 2.21 bits per heavy atom. The third-order valence-electron chi connectivity index (χ3n) is 5.26. The molecule has 1 aliphatic heterocycles. The number of hydrogen-bond donors (Lipinski definition) is 2. The van der Waals surface area contributed by atoms with Crippen molar-refractivity contribution in [2.24, 2.45) is 0 Å². The molecule has 0 atom stereocenters. The molecule has 1 fully saturated rings. The quantitative estimate of drug-likeness (QED) is 0.342. The lowest BCUT2D eigenvalue weighted by molar-refractivity contribution is 0.0945. The first-order valence-corrected chi connectivity index (χ1v) is 13.9. The first-order valence-electron chi connectivity index (χ1n) is 13.5.